The highest BCUT2D eigenvalue weighted by Crippen LogP contribution is 2.35. The summed E-state index contributed by atoms with van der Waals surface area (Å²) in [5.41, 5.74) is -1.16. The van der Waals surface area contributed by atoms with Gasteiger partial charge < -0.3 is 14.6 Å². The minimum atomic E-state index is -0.821. The van der Waals surface area contributed by atoms with Crippen LogP contribution in [0.4, 0.5) is 0 Å². The third-order valence-electron chi connectivity index (χ3n) is 3.00. The lowest BCUT2D eigenvalue weighted by Gasteiger charge is -2.42. The van der Waals surface area contributed by atoms with Crippen molar-refractivity contribution in [3.8, 4) is 6.07 Å². The van der Waals surface area contributed by atoms with Crippen molar-refractivity contribution in [2.24, 2.45) is 0 Å². The van der Waals surface area contributed by atoms with E-state index in [1.165, 1.54) is 0 Å². The molecule has 1 fully saturated rings. The summed E-state index contributed by atoms with van der Waals surface area (Å²) in [6.07, 6.45) is 0.183. The van der Waals surface area contributed by atoms with Gasteiger partial charge in [-0.15, -0.1) is 0 Å². The minimum absolute atomic E-state index is 0.339. The third kappa shape index (κ3) is 3.18. The van der Waals surface area contributed by atoms with Crippen LogP contribution in [0.3, 0.4) is 0 Å². The predicted molar refractivity (Wildman–Crippen MR) is 59.8 cm³/mol. The van der Waals surface area contributed by atoms with Crippen LogP contribution in [0.2, 0.25) is 0 Å². The lowest BCUT2D eigenvalue weighted by atomic mass is 9.85. The Balaban J connectivity index is 2.75. The maximum absolute atomic E-state index is 9.43. The summed E-state index contributed by atoms with van der Waals surface area (Å²) in [4.78, 5) is 0. The molecule has 0 saturated carbocycles. The first kappa shape index (κ1) is 13.4. The summed E-state index contributed by atoms with van der Waals surface area (Å²) in [5, 5.41) is 18.7. The van der Waals surface area contributed by atoms with Crippen molar-refractivity contribution in [1.82, 2.24) is 0 Å². The summed E-state index contributed by atoms with van der Waals surface area (Å²) in [5.74, 6) is 0. The Kier molecular flexibility index (Phi) is 3.95. The van der Waals surface area contributed by atoms with Gasteiger partial charge in [-0.05, 0) is 27.7 Å². The maximum Gasteiger partial charge on any atom is 0.159 e. The fraction of sp³-hybridized carbons (Fsp3) is 0.917. The van der Waals surface area contributed by atoms with Crippen molar-refractivity contribution in [1.29, 1.82) is 5.26 Å². The van der Waals surface area contributed by atoms with Crippen molar-refractivity contribution in [3.05, 3.63) is 0 Å². The largest absolute Gasteiger partial charge is 0.391 e. The molecular formula is C12H21NO3. The van der Waals surface area contributed by atoms with Gasteiger partial charge in [0.1, 0.15) is 0 Å². The van der Waals surface area contributed by atoms with Crippen molar-refractivity contribution < 1.29 is 14.6 Å². The number of hydrogen-bond acceptors (Lipinski definition) is 4. The molecule has 0 aromatic rings. The zero-order valence-electron chi connectivity index (χ0n) is 10.5. The van der Waals surface area contributed by atoms with Gasteiger partial charge in [-0.1, -0.05) is 0 Å². The summed E-state index contributed by atoms with van der Waals surface area (Å²) >= 11 is 0. The van der Waals surface area contributed by atoms with Crippen LogP contribution in [0.1, 0.15) is 40.5 Å². The fourth-order valence-electron chi connectivity index (χ4n) is 2.00. The number of nitriles is 1. The van der Waals surface area contributed by atoms with Crippen LogP contribution >= 0.6 is 0 Å². The van der Waals surface area contributed by atoms with Gasteiger partial charge >= 0.3 is 0 Å². The molecule has 0 radical (unpaired) electrons. The van der Waals surface area contributed by atoms with Crippen LogP contribution in [-0.2, 0) is 9.47 Å². The van der Waals surface area contributed by atoms with E-state index in [-0.39, 0.29) is 11.7 Å². The van der Waals surface area contributed by atoms with E-state index in [0.29, 0.717) is 19.4 Å². The average molecular weight is 227 g/mol. The molecule has 1 rings (SSSR count). The molecule has 0 aliphatic carbocycles. The molecular weight excluding hydrogens is 206 g/mol. The van der Waals surface area contributed by atoms with Crippen LogP contribution in [-0.4, -0.2) is 35.1 Å². The number of aliphatic hydroxyl groups is 1. The first-order valence-electron chi connectivity index (χ1n) is 5.71. The molecule has 16 heavy (non-hydrogen) atoms. The second-order valence-electron chi connectivity index (χ2n) is 5.20. The van der Waals surface area contributed by atoms with Gasteiger partial charge in [0.05, 0.1) is 30.5 Å². The van der Waals surface area contributed by atoms with Gasteiger partial charge in [-0.3, -0.25) is 0 Å². The molecule has 1 N–H and O–H groups in total. The van der Waals surface area contributed by atoms with Crippen LogP contribution < -0.4 is 0 Å². The van der Waals surface area contributed by atoms with Crippen molar-refractivity contribution in [2.75, 3.05) is 6.61 Å². The third-order valence-corrected chi connectivity index (χ3v) is 3.00. The van der Waals surface area contributed by atoms with Gasteiger partial charge in [0.15, 0.2) is 5.60 Å². The number of rotatable bonds is 3. The lowest BCUT2D eigenvalue weighted by Crippen LogP contribution is -2.49. The summed E-state index contributed by atoms with van der Waals surface area (Å²) < 4.78 is 11.3. The number of hydrogen-bond donors (Lipinski definition) is 1. The minimum Gasteiger partial charge on any atom is -0.391 e. The van der Waals surface area contributed by atoms with Gasteiger partial charge in [-0.25, -0.2) is 0 Å². The quantitative estimate of drug-likeness (QED) is 0.796. The lowest BCUT2D eigenvalue weighted by molar-refractivity contribution is -0.175. The van der Waals surface area contributed by atoms with Gasteiger partial charge in [-0.2, -0.15) is 5.26 Å². The molecule has 3 atom stereocenters. The van der Waals surface area contributed by atoms with Crippen LogP contribution in [0.25, 0.3) is 0 Å². The van der Waals surface area contributed by atoms with Crippen molar-refractivity contribution in [2.45, 2.75) is 63.9 Å². The number of nitrogens with zero attached hydrogens (tertiary/aromatic N) is 1. The Morgan fingerprint density at radius 1 is 1.44 bits per heavy atom. The summed E-state index contributed by atoms with van der Waals surface area (Å²) in [7, 11) is 0. The molecule has 0 aromatic carbocycles. The monoisotopic (exact) mass is 227 g/mol. The molecule has 3 unspecified atom stereocenters. The first-order chi connectivity index (χ1) is 7.30. The van der Waals surface area contributed by atoms with E-state index in [0.717, 1.165) is 0 Å². The molecule has 1 saturated heterocycles. The average Bonchev–Trinajstić information content (AvgIpc) is 2.16. The highest BCUT2D eigenvalue weighted by Gasteiger charge is 2.43. The molecule has 1 aliphatic heterocycles. The Hall–Kier alpha value is -0.630. The Morgan fingerprint density at radius 2 is 2.06 bits per heavy atom. The molecule has 0 amide bonds. The standard InChI is InChI=1S/C12H21NO3/c1-9(14)10(2)16-12(8-13)5-6-15-11(3,4)7-12/h9-10,14H,5-7H2,1-4H3. The summed E-state index contributed by atoms with van der Waals surface area (Å²) in [6.45, 7) is 7.88. The normalized spacial score (nSPS) is 32.8. The molecule has 0 bridgehead atoms. The van der Waals surface area contributed by atoms with Gasteiger partial charge in [0, 0.05) is 12.8 Å². The molecule has 0 spiro atoms. The zero-order chi connectivity index (χ0) is 12.4. The molecule has 0 aromatic heterocycles. The van der Waals surface area contributed by atoms with E-state index >= 15 is 0 Å². The molecule has 1 heterocycles. The Morgan fingerprint density at radius 3 is 2.50 bits per heavy atom. The smallest absolute Gasteiger partial charge is 0.159 e. The fourth-order valence-corrected chi connectivity index (χ4v) is 2.00. The molecule has 1 aliphatic rings. The second kappa shape index (κ2) is 4.70. The second-order valence-corrected chi connectivity index (χ2v) is 5.20. The first-order valence-corrected chi connectivity index (χ1v) is 5.71. The highest BCUT2D eigenvalue weighted by atomic mass is 16.5. The van der Waals surface area contributed by atoms with Crippen molar-refractivity contribution in [3.63, 3.8) is 0 Å². The van der Waals surface area contributed by atoms with E-state index in [2.05, 4.69) is 6.07 Å². The molecule has 92 valence electrons. The predicted octanol–water partition coefficient (Wildman–Crippen LogP) is 1.62. The van der Waals surface area contributed by atoms with Crippen LogP contribution in [0.15, 0.2) is 0 Å². The van der Waals surface area contributed by atoms with E-state index in [1.807, 2.05) is 13.8 Å². The zero-order valence-corrected chi connectivity index (χ0v) is 10.5. The Bertz CT molecular complexity index is 282. The topological polar surface area (TPSA) is 62.5 Å². The van der Waals surface area contributed by atoms with E-state index in [4.69, 9.17) is 9.47 Å². The van der Waals surface area contributed by atoms with Crippen LogP contribution in [0.5, 0.6) is 0 Å². The van der Waals surface area contributed by atoms with E-state index in [1.54, 1.807) is 13.8 Å². The maximum atomic E-state index is 9.43. The number of ether oxygens (including phenoxy) is 2. The van der Waals surface area contributed by atoms with Gasteiger partial charge in [0.25, 0.3) is 0 Å². The summed E-state index contributed by atoms with van der Waals surface area (Å²) in [6, 6.07) is 2.25. The highest BCUT2D eigenvalue weighted by molar-refractivity contribution is 5.07. The molecule has 4 nitrogen and oxygen atoms in total. The van der Waals surface area contributed by atoms with E-state index in [9.17, 15) is 10.4 Å². The molecule has 4 heteroatoms. The Labute approximate surface area is 97.2 Å². The SMILES string of the molecule is CC(O)C(C)OC1(C#N)CCOC(C)(C)C1. The van der Waals surface area contributed by atoms with E-state index < -0.39 is 11.7 Å². The van der Waals surface area contributed by atoms with Gasteiger partial charge in [0.2, 0.25) is 0 Å². The van der Waals surface area contributed by atoms with Crippen LogP contribution in [0, 0.1) is 11.3 Å². The van der Waals surface area contributed by atoms with Crippen molar-refractivity contribution >= 4 is 0 Å². The number of aliphatic hydroxyl groups excluding tert-OH is 1.